The lowest BCUT2D eigenvalue weighted by atomic mass is 10.1. The number of hydrogen-bond donors (Lipinski definition) is 1. The second-order valence-electron chi connectivity index (χ2n) is 5.83. The molecule has 0 saturated heterocycles. The summed E-state index contributed by atoms with van der Waals surface area (Å²) in [5.41, 5.74) is 7.46. The van der Waals surface area contributed by atoms with Crippen molar-refractivity contribution in [1.82, 2.24) is 0 Å². The molecule has 0 aromatic heterocycles. The van der Waals surface area contributed by atoms with Crippen molar-refractivity contribution < 1.29 is 12.8 Å². The fourth-order valence-electron chi connectivity index (χ4n) is 2.98. The van der Waals surface area contributed by atoms with Crippen LogP contribution in [0.5, 0.6) is 0 Å². The molecule has 0 bridgehead atoms. The minimum atomic E-state index is -3.55. The van der Waals surface area contributed by atoms with Crippen molar-refractivity contribution in [2.45, 2.75) is 23.0 Å². The Morgan fingerprint density at radius 3 is 2.17 bits per heavy atom. The molecule has 0 heterocycles. The molecule has 2 N–H and O–H groups in total. The summed E-state index contributed by atoms with van der Waals surface area (Å²) in [6, 6.07) is 12.5. The number of aryl methyl sites for hydroxylation is 1. The quantitative estimate of drug-likeness (QED) is 0.862. The zero-order valence-electron chi connectivity index (χ0n) is 12.4. The third-order valence-electron chi connectivity index (χ3n) is 4.25. The minimum absolute atomic E-state index is 0.181. The number of sulfone groups is 1. The first-order valence-electron chi connectivity index (χ1n) is 7.18. The molecule has 3 atom stereocenters. The largest absolute Gasteiger partial charge is 0.393 e. The fraction of sp³-hybridized carbons (Fsp3) is 0.235. The number of thiocarbonyl (C=S) groups is 1. The maximum Gasteiger partial charge on any atom is 0.182 e. The summed E-state index contributed by atoms with van der Waals surface area (Å²) in [4.78, 5) is 0.443. The second kappa shape index (κ2) is 5.69. The molecule has 23 heavy (non-hydrogen) atoms. The van der Waals surface area contributed by atoms with E-state index in [-0.39, 0.29) is 21.6 Å². The van der Waals surface area contributed by atoms with Crippen LogP contribution in [0.25, 0.3) is 0 Å². The van der Waals surface area contributed by atoms with Crippen molar-refractivity contribution in [3.8, 4) is 0 Å². The summed E-state index contributed by atoms with van der Waals surface area (Å²) in [5.74, 6) is -1.10. The molecule has 1 fully saturated rings. The second-order valence-corrected chi connectivity index (χ2v) is 8.41. The molecule has 2 aromatic rings. The van der Waals surface area contributed by atoms with E-state index in [1.165, 1.54) is 12.1 Å². The van der Waals surface area contributed by atoms with Gasteiger partial charge in [-0.25, -0.2) is 12.8 Å². The van der Waals surface area contributed by atoms with E-state index in [1.807, 2.05) is 6.92 Å². The predicted molar refractivity (Wildman–Crippen MR) is 91.6 cm³/mol. The van der Waals surface area contributed by atoms with Crippen molar-refractivity contribution in [3.63, 3.8) is 0 Å². The zero-order chi connectivity index (χ0) is 16.8. The predicted octanol–water partition coefficient (Wildman–Crippen LogP) is 2.98. The zero-order valence-corrected chi connectivity index (χ0v) is 14.1. The SMILES string of the molecule is Cc1ccc(S(=O)(=O)[C@@H]2[C@H](C(N)=S)[C@H]2c2ccc(F)cc2)cc1. The van der Waals surface area contributed by atoms with Gasteiger partial charge in [0.2, 0.25) is 0 Å². The Balaban J connectivity index is 1.98. The van der Waals surface area contributed by atoms with E-state index < -0.39 is 21.0 Å². The first-order valence-corrected chi connectivity index (χ1v) is 9.13. The molecule has 0 amide bonds. The Labute approximate surface area is 140 Å². The lowest BCUT2D eigenvalue weighted by Gasteiger charge is -2.05. The summed E-state index contributed by atoms with van der Waals surface area (Å²) in [5, 5.41) is -0.687. The van der Waals surface area contributed by atoms with Gasteiger partial charge in [-0.3, -0.25) is 0 Å². The number of hydrogen-bond acceptors (Lipinski definition) is 3. The highest BCUT2D eigenvalue weighted by molar-refractivity contribution is 7.92. The van der Waals surface area contributed by atoms with Crippen molar-refractivity contribution >= 4 is 27.0 Å². The first-order chi connectivity index (χ1) is 10.8. The summed E-state index contributed by atoms with van der Waals surface area (Å²) in [6.45, 7) is 1.90. The minimum Gasteiger partial charge on any atom is -0.393 e. The Morgan fingerprint density at radius 1 is 1.09 bits per heavy atom. The van der Waals surface area contributed by atoms with Gasteiger partial charge in [0, 0.05) is 11.8 Å². The summed E-state index contributed by atoms with van der Waals surface area (Å²) < 4.78 is 38.9. The molecule has 0 aliphatic heterocycles. The van der Waals surface area contributed by atoms with Crippen LogP contribution in [-0.2, 0) is 9.84 Å². The molecule has 1 aliphatic carbocycles. The normalized spacial score (nSPS) is 23.5. The van der Waals surface area contributed by atoms with Gasteiger partial charge in [-0.05, 0) is 36.8 Å². The van der Waals surface area contributed by atoms with Crippen LogP contribution in [0.4, 0.5) is 4.39 Å². The number of nitrogens with two attached hydrogens (primary N) is 1. The maximum atomic E-state index is 13.1. The third kappa shape index (κ3) is 2.88. The molecular weight excluding hydrogens is 333 g/mol. The lowest BCUT2D eigenvalue weighted by molar-refractivity contribution is 0.593. The highest BCUT2D eigenvalue weighted by Gasteiger charge is 2.60. The van der Waals surface area contributed by atoms with Crippen molar-refractivity contribution in [3.05, 3.63) is 65.5 Å². The van der Waals surface area contributed by atoms with Gasteiger partial charge in [0.25, 0.3) is 0 Å². The molecule has 1 aliphatic rings. The van der Waals surface area contributed by atoms with Crippen molar-refractivity contribution in [2.75, 3.05) is 0 Å². The van der Waals surface area contributed by atoms with E-state index >= 15 is 0 Å². The van der Waals surface area contributed by atoms with Crippen LogP contribution in [0, 0.1) is 18.7 Å². The van der Waals surface area contributed by atoms with E-state index in [9.17, 15) is 12.8 Å². The average Bonchev–Trinajstić information content (AvgIpc) is 3.25. The fourth-order valence-corrected chi connectivity index (χ4v) is 5.51. The van der Waals surface area contributed by atoms with Crippen LogP contribution < -0.4 is 5.73 Å². The molecule has 6 heteroatoms. The van der Waals surface area contributed by atoms with Crippen molar-refractivity contribution in [1.29, 1.82) is 0 Å². The van der Waals surface area contributed by atoms with Gasteiger partial charge in [0.15, 0.2) is 9.84 Å². The molecule has 0 spiro atoms. The van der Waals surface area contributed by atoms with Crippen molar-refractivity contribution in [2.24, 2.45) is 11.7 Å². The number of rotatable bonds is 4. The van der Waals surface area contributed by atoms with E-state index in [0.717, 1.165) is 11.1 Å². The molecule has 3 nitrogen and oxygen atoms in total. The summed E-state index contributed by atoms with van der Waals surface area (Å²) in [6.07, 6.45) is 0. The Kier molecular flexibility index (Phi) is 3.98. The molecule has 3 rings (SSSR count). The molecule has 2 aromatic carbocycles. The third-order valence-corrected chi connectivity index (χ3v) is 6.75. The molecular formula is C17H16FNO2S2. The summed E-state index contributed by atoms with van der Waals surface area (Å²) in [7, 11) is -3.55. The van der Waals surface area contributed by atoms with Gasteiger partial charge >= 0.3 is 0 Å². The highest BCUT2D eigenvalue weighted by atomic mass is 32.2. The van der Waals surface area contributed by atoms with Crippen LogP contribution in [0.3, 0.4) is 0 Å². The summed E-state index contributed by atoms with van der Waals surface area (Å²) >= 11 is 5.04. The maximum absolute atomic E-state index is 13.1. The van der Waals surface area contributed by atoms with E-state index in [0.29, 0.717) is 0 Å². The van der Waals surface area contributed by atoms with E-state index in [4.69, 9.17) is 18.0 Å². The Morgan fingerprint density at radius 2 is 1.65 bits per heavy atom. The van der Waals surface area contributed by atoms with Crippen LogP contribution >= 0.6 is 12.2 Å². The molecule has 0 unspecified atom stereocenters. The number of halogens is 1. The lowest BCUT2D eigenvalue weighted by Crippen LogP contribution is -2.17. The van der Waals surface area contributed by atoms with Gasteiger partial charge in [-0.1, -0.05) is 42.0 Å². The van der Waals surface area contributed by atoms with E-state index in [2.05, 4.69) is 0 Å². The van der Waals surface area contributed by atoms with Gasteiger partial charge in [-0.15, -0.1) is 0 Å². The van der Waals surface area contributed by atoms with Crippen LogP contribution in [0.1, 0.15) is 17.0 Å². The molecule has 0 radical (unpaired) electrons. The van der Waals surface area contributed by atoms with Gasteiger partial charge in [0.05, 0.1) is 15.1 Å². The standard InChI is InChI=1S/C17H16FNO2S2/c1-10-2-8-13(9-3-10)23(20,21)16-14(15(16)17(19)22)11-4-6-12(18)7-5-11/h2-9,14-16H,1H3,(H2,19,22)/t14-,15-,16+/m1/s1. The first kappa shape index (κ1) is 16.1. The van der Waals surface area contributed by atoms with Gasteiger partial charge < -0.3 is 5.73 Å². The number of benzene rings is 2. The van der Waals surface area contributed by atoms with Crippen LogP contribution in [0.15, 0.2) is 53.4 Å². The van der Waals surface area contributed by atoms with Gasteiger partial charge in [-0.2, -0.15) is 0 Å². The topological polar surface area (TPSA) is 60.2 Å². The van der Waals surface area contributed by atoms with Gasteiger partial charge in [0.1, 0.15) is 5.82 Å². The average molecular weight is 349 g/mol. The van der Waals surface area contributed by atoms with Crippen LogP contribution in [-0.4, -0.2) is 18.7 Å². The molecule has 120 valence electrons. The molecule has 1 saturated carbocycles. The Bertz CT molecular complexity index is 845. The Hall–Kier alpha value is -1.79. The monoisotopic (exact) mass is 349 g/mol. The van der Waals surface area contributed by atoms with Crippen LogP contribution in [0.2, 0.25) is 0 Å². The highest BCUT2D eigenvalue weighted by Crippen LogP contribution is 2.54. The van der Waals surface area contributed by atoms with E-state index in [1.54, 1.807) is 36.4 Å². The smallest absolute Gasteiger partial charge is 0.182 e.